The third-order valence-corrected chi connectivity index (χ3v) is 9.80. The predicted octanol–water partition coefficient (Wildman–Crippen LogP) is 6.90. The lowest BCUT2D eigenvalue weighted by Gasteiger charge is -2.45. The highest BCUT2D eigenvalue weighted by atomic mass is 35.5. The lowest BCUT2D eigenvalue weighted by Crippen LogP contribution is -2.57. The minimum absolute atomic E-state index is 0.110. The van der Waals surface area contributed by atoms with Gasteiger partial charge in [-0.2, -0.15) is 5.01 Å². The van der Waals surface area contributed by atoms with E-state index in [9.17, 15) is 19.2 Å². The van der Waals surface area contributed by atoms with Crippen molar-refractivity contribution in [3.8, 4) is 0 Å². The van der Waals surface area contributed by atoms with Gasteiger partial charge in [-0.25, -0.2) is 5.01 Å². The summed E-state index contributed by atoms with van der Waals surface area (Å²) in [4.78, 5) is 57.5. The second-order valence-corrected chi connectivity index (χ2v) is 12.0. The Balaban J connectivity index is 1.38. The molecule has 4 aromatic rings. The molecule has 0 radical (unpaired) electrons. The molecule has 0 spiro atoms. The first-order valence-corrected chi connectivity index (χ1v) is 15.0. The zero-order chi connectivity index (χ0) is 30.0. The Morgan fingerprint density at radius 1 is 0.698 bits per heavy atom. The predicted molar refractivity (Wildman–Crippen MR) is 163 cm³/mol. The van der Waals surface area contributed by atoms with Crippen LogP contribution in [0.15, 0.2) is 97.1 Å². The van der Waals surface area contributed by atoms with Gasteiger partial charge in [-0.1, -0.05) is 109 Å². The van der Waals surface area contributed by atoms with Gasteiger partial charge in [0.25, 0.3) is 17.7 Å². The number of ketones is 1. The molecule has 2 bridgehead atoms. The van der Waals surface area contributed by atoms with Crippen LogP contribution in [0.3, 0.4) is 0 Å². The van der Waals surface area contributed by atoms with E-state index >= 15 is 0 Å². The average Bonchev–Trinajstić information content (AvgIpc) is 3.30. The van der Waals surface area contributed by atoms with E-state index in [-0.39, 0.29) is 39.6 Å². The summed E-state index contributed by atoms with van der Waals surface area (Å²) in [5, 5.41) is 2.44. The van der Waals surface area contributed by atoms with Crippen molar-refractivity contribution < 1.29 is 19.2 Å². The van der Waals surface area contributed by atoms with Gasteiger partial charge < -0.3 is 0 Å². The van der Waals surface area contributed by atoms with E-state index in [4.69, 9.17) is 23.2 Å². The summed E-state index contributed by atoms with van der Waals surface area (Å²) in [6.45, 7) is 1.76. The van der Waals surface area contributed by atoms with Crippen LogP contribution in [0.5, 0.6) is 0 Å². The van der Waals surface area contributed by atoms with Gasteiger partial charge >= 0.3 is 0 Å². The first-order chi connectivity index (χ1) is 20.8. The third kappa shape index (κ3) is 4.08. The number of hydrazine groups is 1. The number of nitrogens with zero attached hydrogens (tertiary/aromatic N) is 2. The number of carbonyl (C=O) groups is 4. The summed E-state index contributed by atoms with van der Waals surface area (Å²) < 4.78 is 0. The minimum atomic E-state index is -1.13. The normalized spacial score (nSPS) is 22.1. The summed E-state index contributed by atoms with van der Waals surface area (Å²) in [5.74, 6) is -4.15. The van der Waals surface area contributed by atoms with Crippen LogP contribution in [0.4, 0.5) is 0 Å². The molecule has 0 aromatic heterocycles. The fraction of sp³-hybridized carbons (Fsp3) is 0.200. The highest BCUT2D eigenvalue weighted by Crippen LogP contribution is 2.61. The van der Waals surface area contributed by atoms with E-state index in [0.29, 0.717) is 5.56 Å². The van der Waals surface area contributed by atoms with Crippen LogP contribution < -0.4 is 0 Å². The minimum Gasteiger partial charge on any atom is -0.292 e. The molecule has 4 aromatic carbocycles. The standard InChI is InChI=1S/C35H26Cl2N2O4/c1-2-27(32(40)19-10-4-3-5-11-19)38(33(41)20-16-17-25(36)26(37)18-20)39-34(42)30-28-21-12-6-7-13-22(21)29(31(30)35(39)43)24-15-9-8-14-23(24)28/h3-18,27-31H,2H2,1H3/t27-,28?,29?,30-,31-/m1/s1. The molecular weight excluding hydrogens is 583 g/mol. The molecule has 1 heterocycles. The molecule has 3 amide bonds. The number of amides is 3. The van der Waals surface area contributed by atoms with Crippen molar-refractivity contribution in [3.63, 3.8) is 0 Å². The first-order valence-electron chi connectivity index (χ1n) is 14.3. The van der Waals surface area contributed by atoms with Crippen molar-refractivity contribution >= 4 is 46.7 Å². The van der Waals surface area contributed by atoms with Gasteiger partial charge in [-0.05, 0) is 46.9 Å². The van der Waals surface area contributed by atoms with Gasteiger partial charge in [0, 0.05) is 23.0 Å². The van der Waals surface area contributed by atoms with Crippen LogP contribution >= 0.6 is 23.2 Å². The summed E-state index contributed by atoms with van der Waals surface area (Å²) in [5.41, 5.74) is 4.56. The summed E-state index contributed by atoms with van der Waals surface area (Å²) >= 11 is 12.4. The summed E-state index contributed by atoms with van der Waals surface area (Å²) in [7, 11) is 0. The molecule has 43 heavy (non-hydrogen) atoms. The lowest BCUT2D eigenvalue weighted by molar-refractivity contribution is -0.156. The molecule has 0 unspecified atom stereocenters. The number of hydrogen-bond donors (Lipinski definition) is 0. The Hall–Kier alpha value is -4.26. The molecule has 1 aliphatic heterocycles. The van der Waals surface area contributed by atoms with Crippen LogP contribution in [-0.4, -0.2) is 39.6 Å². The number of Topliss-reactive ketones (excluding diaryl/α,β-unsaturated/α-hetero) is 1. The third-order valence-electron chi connectivity index (χ3n) is 9.06. The topological polar surface area (TPSA) is 74.8 Å². The molecule has 0 saturated carbocycles. The highest BCUT2D eigenvalue weighted by molar-refractivity contribution is 6.42. The number of imide groups is 1. The van der Waals surface area contributed by atoms with E-state index in [1.807, 2.05) is 48.5 Å². The van der Waals surface area contributed by atoms with Crippen molar-refractivity contribution in [2.24, 2.45) is 11.8 Å². The van der Waals surface area contributed by atoms with Crippen LogP contribution in [0.25, 0.3) is 0 Å². The van der Waals surface area contributed by atoms with Gasteiger partial charge in [-0.3, -0.25) is 19.2 Å². The number of rotatable bonds is 6. The molecule has 3 atom stereocenters. The second kappa shape index (κ2) is 10.5. The SMILES string of the molecule is CC[C@H](C(=O)c1ccccc1)N(C(=O)c1ccc(Cl)c(Cl)c1)N1C(=O)[C@@H]2C3c4ccccc4C(c4ccccc43)[C@H]2C1=O. The molecular formula is C35H26Cl2N2O4. The quantitative estimate of drug-likeness (QED) is 0.176. The van der Waals surface area contributed by atoms with Crippen molar-refractivity contribution in [1.82, 2.24) is 10.0 Å². The van der Waals surface area contributed by atoms with Crippen molar-refractivity contribution in [3.05, 3.63) is 140 Å². The Morgan fingerprint density at radius 3 is 1.65 bits per heavy atom. The van der Waals surface area contributed by atoms with Crippen LogP contribution in [0.2, 0.25) is 10.0 Å². The van der Waals surface area contributed by atoms with Crippen LogP contribution in [0, 0.1) is 11.8 Å². The van der Waals surface area contributed by atoms with Gasteiger partial charge in [0.15, 0.2) is 5.78 Å². The van der Waals surface area contributed by atoms with E-state index in [0.717, 1.165) is 32.3 Å². The number of benzene rings is 4. The van der Waals surface area contributed by atoms with Crippen molar-refractivity contribution in [2.75, 3.05) is 0 Å². The molecule has 4 aliphatic rings. The Kier molecular flexibility index (Phi) is 6.71. The van der Waals surface area contributed by atoms with Gasteiger partial charge in [-0.15, -0.1) is 0 Å². The fourth-order valence-corrected chi connectivity index (χ4v) is 7.57. The van der Waals surface area contributed by atoms with E-state index in [1.54, 1.807) is 37.3 Å². The molecule has 6 nitrogen and oxygen atoms in total. The number of halogens is 2. The molecule has 0 N–H and O–H groups in total. The van der Waals surface area contributed by atoms with Gasteiger partial charge in [0.1, 0.15) is 6.04 Å². The first kappa shape index (κ1) is 27.6. The van der Waals surface area contributed by atoms with E-state index in [2.05, 4.69) is 0 Å². The molecule has 1 fully saturated rings. The molecule has 8 heteroatoms. The van der Waals surface area contributed by atoms with Gasteiger partial charge in [0.05, 0.1) is 21.9 Å². The monoisotopic (exact) mass is 608 g/mol. The zero-order valence-electron chi connectivity index (χ0n) is 23.1. The number of hydrogen-bond acceptors (Lipinski definition) is 4. The Morgan fingerprint density at radius 2 is 1.19 bits per heavy atom. The molecule has 214 valence electrons. The molecule has 8 rings (SSSR count). The maximum Gasteiger partial charge on any atom is 0.273 e. The zero-order valence-corrected chi connectivity index (χ0v) is 24.6. The maximum atomic E-state index is 14.6. The van der Waals surface area contributed by atoms with Crippen LogP contribution in [0.1, 0.15) is 68.2 Å². The maximum absolute atomic E-state index is 14.6. The molecule has 1 saturated heterocycles. The molecule has 3 aliphatic carbocycles. The summed E-state index contributed by atoms with van der Waals surface area (Å²) in [6, 6.07) is 27.7. The van der Waals surface area contributed by atoms with Crippen molar-refractivity contribution in [2.45, 2.75) is 31.2 Å². The second-order valence-electron chi connectivity index (χ2n) is 11.2. The lowest BCUT2D eigenvalue weighted by atomic mass is 9.55. The Labute approximate surface area is 258 Å². The Bertz CT molecular complexity index is 1710. The fourth-order valence-electron chi connectivity index (χ4n) is 7.27. The van der Waals surface area contributed by atoms with E-state index in [1.165, 1.54) is 18.2 Å². The van der Waals surface area contributed by atoms with Gasteiger partial charge in [0.2, 0.25) is 0 Å². The van der Waals surface area contributed by atoms with Crippen LogP contribution in [-0.2, 0) is 9.59 Å². The summed E-state index contributed by atoms with van der Waals surface area (Å²) in [6.07, 6.45) is 0.167. The average molecular weight is 610 g/mol. The largest absolute Gasteiger partial charge is 0.292 e. The van der Waals surface area contributed by atoms with E-state index < -0.39 is 35.6 Å². The van der Waals surface area contributed by atoms with Crippen molar-refractivity contribution in [1.29, 1.82) is 0 Å². The smallest absolute Gasteiger partial charge is 0.273 e. The highest BCUT2D eigenvalue weighted by Gasteiger charge is 2.63. The number of carbonyl (C=O) groups excluding carboxylic acids is 4.